The molecule has 0 aromatic carbocycles. The smallest absolute Gasteiger partial charge is 0.0917 e. The molecule has 0 radical (unpaired) electrons. The van der Waals surface area contributed by atoms with Gasteiger partial charge in [0.15, 0.2) is 0 Å². The third-order valence-corrected chi connectivity index (χ3v) is 2.77. The zero-order chi connectivity index (χ0) is 7.14. The lowest BCUT2D eigenvalue weighted by atomic mass is 9.93. The lowest BCUT2D eigenvalue weighted by Gasteiger charge is -2.13. The number of hydrogen-bond acceptors (Lipinski definition) is 1. The highest BCUT2D eigenvalue weighted by Gasteiger charge is 2.38. The molecule has 2 rings (SSSR count). The standard InChI is InChI=1S/C9H12O/c1-2-6-3-8-4-7(6)5-9(8)10/h2,5-8,10H,1,3-4H2. The van der Waals surface area contributed by atoms with E-state index in [1.807, 2.05) is 12.2 Å². The van der Waals surface area contributed by atoms with E-state index in [4.69, 9.17) is 0 Å². The second-order valence-electron chi connectivity index (χ2n) is 3.32. The van der Waals surface area contributed by atoms with Crippen LogP contribution < -0.4 is 0 Å². The van der Waals surface area contributed by atoms with E-state index >= 15 is 0 Å². The summed E-state index contributed by atoms with van der Waals surface area (Å²) in [6.07, 6.45) is 6.30. The average Bonchev–Trinajstić information content (AvgIpc) is 2.44. The van der Waals surface area contributed by atoms with Gasteiger partial charge in [-0.15, -0.1) is 6.58 Å². The molecule has 0 saturated heterocycles. The van der Waals surface area contributed by atoms with E-state index in [2.05, 4.69) is 6.58 Å². The largest absolute Gasteiger partial charge is 0.512 e. The molecule has 0 aromatic heterocycles. The van der Waals surface area contributed by atoms with Crippen LogP contribution in [0, 0.1) is 17.8 Å². The van der Waals surface area contributed by atoms with Crippen LogP contribution in [-0.2, 0) is 0 Å². The first-order valence-electron chi connectivity index (χ1n) is 3.84. The first kappa shape index (κ1) is 6.02. The molecule has 3 unspecified atom stereocenters. The van der Waals surface area contributed by atoms with Crippen molar-refractivity contribution >= 4 is 0 Å². The predicted molar refractivity (Wildman–Crippen MR) is 40.6 cm³/mol. The maximum atomic E-state index is 9.26. The van der Waals surface area contributed by atoms with Crippen LogP contribution in [0.1, 0.15) is 12.8 Å². The monoisotopic (exact) mass is 136 g/mol. The summed E-state index contributed by atoms with van der Waals surface area (Å²) in [7, 11) is 0. The zero-order valence-corrected chi connectivity index (χ0v) is 5.96. The van der Waals surface area contributed by atoms with Crippen molar-refractivity contribution in [2.24, 2.45) is 17.8 Å². The van der Waals surface area contributed by atoms with Gasteiger partial charge in [0, 0.05) is 5.92 Å². The number of fused-ring (bicyclic) bond motifs is 2. The normalized spacial score (nSPS) is 43.6. The van der Waals surface area contributed by atoms with Crippen molar-refractivity contribution in [1.29, 1.82) is 0 Å². The fraction of sp³-hybridized carbons (Fsp3) is 0.556. The highest BCUT2D eigenvalue weighted by atomic mass is 16.3. The quantitative estimate of drug-likeness (QED) is 0.548. The third-order valence-electron chi connectivity index (χ3n) is 2.77. The van der Waals surface area contributed by atoms with Gasteiger partial charge in [0.1, 0.15) is 0 Å². The lowest BCUT2D eigenvalue weighted by Crippen LogP contribution is -2.05. The Kier molecular flexibility index (Phi) is 1.13. The van der Waals surface area contributed by atoms with Gasteiger partial charge < -0.3 is 5.11 Å². The number of aliphatic hydroxyl groups excluding tert-OH is 1. The molecule has 1 heteroatoms. The molecule has 1 fully saturated rings. The fourth-order valence-electron chi connectivity index (χ4n) is 2.16. The molecule has 1 saturated carbocycles. The summed E-state index contributed by atoms with van der Waals surface area (Å²) in [6, 6.07) is 0. The Morgan fingerprint density at radius 3 is 2.80 bits per heavy atom. The first-order valence-corrected chi connectivity index (χ1v) is 3.84. The van der Waals surface area contributed by atoms with E-state index in [0.29, 0.717) is 23.5 Å². The van der Waals surface area contributed by atoms with Gasteiger partial charge in [-0.3, -0.25) is 0 Å². The molecule has 2 aliphatic carbocycles. The van der Waals surface area contributed by atoms with E-state index in [1.165, 1.54) is 0 Å². The van der Waals surface area contributed by atoms with Crippen molar-refractivity contribution in [3.8, 4) is 0 Å². The Bertz CT molecular complexity index is 193. The Labute approximate surface area is 61.1 Å². The van der Waals surface area contributed by atoms with Gasteiger partial charge in [0.2, 0.25) is 0 Å². The number of hydrogen-bond donors (Lipinski definition) is 1. The molecule has 1 nitrogen and oxygen atoms in total. The predicted octanol–water partition coefficient (Wildman–Crippen LogP) is 2.27. The van der Waals surface area contributed by atoms with Crippen LogP contribution in [0.25, 0.3) is 0 Å². The van der Waals surface area contributed by atoms with Crippen molar-refractivity contribution in [2.75, 3.05) is 0 Å². The maximum absolute atomic E-state index is 9.26. The van der Waals surface area contributed by atoms with E-state index in [1.54, 1.807) is 0 Å². The van der Waals surface area contributed by atoms with E-state index in [9.17, 15) is 5.11 Å². The molecule has 2 aliphatic rings. The van der Waals surface area contributed by atoms with Crippen molar-refractivity contribution in [3.63, 3.8) is 0 Å². The number of allylic oxidation sites excluding steroid dienone is 3. The molecule has 3 atom stereocenters. The molecule has 0 aromatic rings. The van der Waals surface area contributed by atoms with Gasteiger partial charge in [-0.25, -0.2) is 0 Å². The average molecular weight is 136 g/mol. The van der Waals surface area contributed by atoms with Gasteiger partial charge in [-0.1, -0.05) is 6.08 Å². The van der Waals surface area contributed by atoms with E-state index in [0.717, 1.165) is 12.8 Å². The van der Waals surface area contributed by atoms with Gasteiger partial charge in [-0.05, 0) is 30.8 Å². The summed E-state index contributed by atoms with van der Waals surface area (Å²) in [6.45, 7) is 3.78. The molecule has 2 bridgehead atoms. The highest BCUT2D eigenvalue weighted by Crippen LogP contribution is 2.46. The molecular weight excluding hydrogens is 124 g/mol. The Hall–Kier alpha value is -0.720. The Morgan fingerprint density at radius 2 is 2.40 bits per heavy atom. The van der Waals surface area contributed by atoms with Crippen LogP contribution in [0.4, 0.5) is 0 Å². The minimum absolute atomic E-state index is 0.466. The topological polar surface area (TPSA) is 20.2 Å². The summed E-state index contributed by atoms with van der Waals surface area (Å²) in [4.78, 5) is 0. The Balaban J connectivity index is 2.21. The van der Waals surface area contributed by atoms with Crippen LogP contribution in [-0.4, -0.2) is 5.11 Å². The first-order chi connectivity index (χ1) is 4.81. The highest BCUT2D eigenvalue weighted by molar-refractivity contribution is 5.17. The summed E-state index contributed by atoms with van der Waals surface area (Å²) < 4.78 is 0. The SMILES string of the molecule is C=CC1CC2CC1C=C2O. The summed E-state index contributed by atoms with van der Waals surface area (Å²) in [5, 5.41) is 9.26. The fourth-order valence-corrected chi connectivity index (χ4v) is 2.16. The second kappa shape index (κ2) is 1.88. The zero-order valence-electron chi connectivity index (χ0n) is 5.96. The molecule has 0 amide bonds. The molecule has 1 N–H and O–H groups in total. The van der Waals surface area contributed by atoms with Crippen LogP contribution in [0.2, 0.25) is 0 Å². The van der Waals surface area contributed by atoms with Crippen molar-refractivity contribution in [2.45, 2.75) is 12.8 Å². The van der Waals surface area contributed by atoms with Gasteiger partial charge in [-0.2, -0.15) is 0 Å². The van der Waals surface area contributed by atoms with Crippen LogP contribution >= 0.6 is 0 Å². The van der Waals surface area contributed by atoms with E-state index < -0.39 is 0 Å². The number of rotatable bonds is 1. The molecule has 0 spiro atoms. The van der Waals surface area contributed by atoms with Gasteiger partial charge in [0.25, 0.3) is 0 Å². The third kappa shape index (κ3) is 0.634. The molecular formula is C9H12O. The molecule has 0 heterocycles. The minimum atomic E-state index is 0.466. The van der Waals surface area contributed by atoms with Gasteiger partial charge >= 0.3 is 0 Å². The van der Waals surface area contributed by atoms with Crippen LogP contribution in [0.15, 0.2) is 24.5 Å². The summed E-state index contributed by atoms with van der Waals surface area (Å²) >= 11 is 0. The molecule has 54 valence electrons. The van der Waals surface area contributed by atoms with Crippen molar-refractivity contribution in [1.82, 2.24) is 0 Å². The minimum Gasteiger partial charge on any atom is -0.512 e. The summed E-state index contributed by atoms with van der Waals surface area (Å²) in [5.41, 5.74) is 0. The molecule has 10 heavy (non-hydrogen) atoms. The van der Waals surface area contributed by atoms with Crippen molar-refractivity contribution in [3.05, 3.63) is 24.5 Å². The summed E-state index contributed by atoms with van der Waals surface area (Å²) in [5.74, 6) is 2.33. The van der Waals surface area contributed by atoms with Gasteiger partial charge in [0.05, 0.1) is 5.76 Å². The van der Waals surface area contributed by atoms with E-state index in [-0.39, 0.29) is 0 Å². The second-order valence-corrected chi connectivity index (χ2v) is 3.32. The Morgan fingerprint density at radius 1 is 1.60 bits per heavy atom. The van der Waals surface area contributed by atoms with Crippen molar-refractivity contribution < 1.29 is 5.11 Å². The van der Waals surface area contributed by atoms with Crippen LogP contribution in [0.3, 0.4) is 0 Å². The molecule has 0 aliphatic heterocycles. The number of aliphatic hydroxyl groups is 1. The van der Waals surface area contributed by atoms with Crippen LogP contribution in [0.5, 0.6) is 0 Å². The maximum Gasteiger partial charge on any atom is 0.0917 e. The lowest BCUT2D eigenvalue weighted by molar-refractivity contribution is 0.330.